The van der Waals surface area contributed by atoms with Gasteiger partial charge in [0.15, 0.2) is 5.96 Å². The maximum Gasteiger partial charge on any atom is 0.327 e. The van der Waals surface area contributed by atoms with Crippen molar-refractivity contribution < 1.29 is 34.2 Å². The number of aliphatic hydroxyl groups is 1. The molecule has 0 aliphatic carbocycles. The van der Waals surface area contributed by atoms with E-state index in [1.165, 1.54) is 0 Å². The molecule has 0 saturated heterocycles. The molecular weight excluding hydrogens is 460 g/mol. The number of carboxylic acid groups (broad SMARTS) is 1. The Hall–Kier alpha value is -3.11. The van der Waals surface area contributed by atoms with Crippen molar-refractivity contribution in [3.8, 4) is 0 Å². The molecule has 15 nitrogen and oxygen atoms in total. The molecular formula is C17H32N8O7S. The van der Waals surface area contributed by atoms with E-state index in [1.54, 1.807) is 0 Å². The number of nitrogens with zero attached hydrogens (tertiary/aromatic N) is 1. The first-order chi connectivity index (χ1) is 15.4. The van der Waals surface area contributed by atoms with Gasteiger partial charge in [-0.15, -0.1) is 0 Å². The molecule has 33 heavy (non-hydrogen) atoms. The van der Waals surface area contributed by atoms with E-state index in [1.807, 2.05) is 0 Å². The lowest BCUT2D eigenvalue weighted by Crippen LogP contribution is -2.58. The molecule has 0 saturated carbocycles. The number of primary amides is 1. The van der Waals surface area contributed by atoms with Crippen LogP contribution in [0.15, 0.2) is 4.99 Å². The Labute approximate surface area is 195 Å². The van der Waals surface area contributed by atoms with Crippen LogP contribution in [-0.4, -0.2) is 88.8 Å². The van der Waals surface area contributed by atoms with Gasteiger partial charge in [-0.05, 0) is 19.3 Å². The van der Waals surface area contributed by atoms with Crippen LogP contribution in [0, 0.1) is 0 Å². The van der Waals surface area contributed by atoms with Gasteiger partial charge in [-0.1, -0.05) is 0 Å². The second-order valence-corrected chi connectivity index (χ2v) is 7.31. The molecule has 16 heteroatoms. The molecule has 13 N–H and O–H groups in total. The summed E-state index contributed by atoms with van der Waals surface area (Å²) in [5, 5.41) is 25.3. The van der Waals surface area contributed by atoms with Gasteiger partial charge in [-0.25, -0.2) is 4.79 Å². The number of aliphatic imine (C=N–C) groups is 1. The SMILES string of the molecule is NC(=O)CCC(N)C(=O)NC(CCCN=C(N)N)C(=O)NC(CO)C(=O)NC(CS)C(=O)O. The molecule has 0 aromatic heterocycles. The molecule has 0 radical (unpaired) electrons. The van der Waals surface area contributed by atoms with Crippen molar-refractivity contribution in [3.63, 3.8) is 0 Å². The van der Waals surface area contributed by atoms with Crippen LogP contribution < -0.4 is 38.9 Å². The van der Waals surface area contributed by atoms with Crippen LogP contribution in [0.25, 0.3) is 0 Å². The van der Waals surface area contributed by atoms with Crippen LogP contribution in [0.2, 0.25) is 0 Å². The van der Waals surface area contributed by atoms with Gasteiger partial charge in [0, 0.05) is 18.7 Å². The van der Waals surface area contributed by atoms with Crippen molar-refractivity contribution in [2.45, 2.75) is 49.9 Å². The van der Waals surface area contributed by atoms with Gasteiger partial charge < -0.3 is 49.1 Å². The summed E-state index contributed by atoms with van der Waals surface area (Å²) in [6.07, 6.45) is 0.0959. The molecule has 4 atom stereocenters. The number of guanidine groups is 1. The molecule has 0 bridgehead atoms. The molecule has 0 heterocycles. The van der Waals surface area contributed by atoms with E-state index in [9.17, 15) is 29.1 Å². The number of hydrogen-bond donors (Lipinski definition) is 10. The molecule has 0 fully saturated rings. The highest BCUT2D eigenvalue weighted by atomic mass is 32.1. The first-order valence-corrected chi connectivity index (χ1v) is 10.5. The number of nitrogens with two attached hydrogens (primary N) is 4. The fourth-order valence-corrected chi connectivity index (χ4v) is 2.65. The number of rotatable bonds is 16. The van der Waals surface area contributed by atoms with Crippen molar-refractivity contribution in [2.24, 2.45) is 27.9 Å². The molecule has 0 aromatic rings. The van der Waals surface area contributed by atoms with E-state index < -0.39 is 60.4 Å². The average molecular weight is 493 g/mol. The van der Waals surface area contributed by atoms with Gasteiger partial charge in [0.05, 0.1) is 12.6 Å². The number of carbonyl (C=O) groups excluding carboxylic acids is 4. The lowest BCUT2D eigenvalue weighted by Gasteiger charge is -2.24. The Morgan fingerprint density at radius 1 is 0.879 bits per heavy atom. The number of nitrogens with one attached hydrogen (secondary N) is 3. The smallest absolute Gasteiger partial charge is 0.327 e. The number of carboxylic acids is 1. The highest BCUT2D eigenvalue weighted by Crippen LogP contribution is 2.03. The normalized spacial score (nSPS) is 14.2. The van der Waals surface area contributed by atoms with Crippen LogP contribution >= 0.6 is 12.6 Å². The topological polar surface area (TPSA) is 278 Å². The number of aliphatic hydroxyl groups excluding tert-OH is 1. The van der Waals surface area contributed by atoms with Gasteiger partial charge >= 0.3 is 5.97 Å². The van der Waals surface area contributed by atoms with Crippen LogP contribution in [0.1, 0.15) is 25.7 Å². The van der Waals surface area contributed by atoms with Crippen molar-refractivity contribution in [1.29, 1.82) is 0 Å². The Bertz CT molecular complexity index is 732. The summed E-state index contributed by atoms with van der Waals surface area (Å²) in [7, 11) is 0. The summed E-state index contributed by atoms with van der Waals surface area (Å²) in [4.78, 5) is 63.0. The van der Waals surface area contributed by atoms with Crippen LogP contribution in [0.5, 0.6) is 0 Å². The Kier molecular flexibility index (Phi) is 14.2. The number of amides is 4. The summed E-state index contributed by atoms with van der Waals surface area (Å²) in [6, 6.07) is -5.17. The van der Waals surface area contributed by atoms with Gasteiger partial charge in [0.25, 0.3) is 0 Å². The van der Waals surface area contributed by atoms with Crippen molar-refractivity contribution in [2.75, 3.05) is 18.9 Å². The minimum atomic E-state index is -1.50. The quantitative estimate of drug-likeness (QED) is 0.0424. The molecule has 0 spiro atoms. The second kappa shape index (κ2) is 15.7. The van der Waals surface area contributed by atoms with E-state index in [0.29, 0.717) is 0 Å². The lowest BCUT2D eigenvalue weighted by atomic mass is 10.1. The van der Waals surface area contributed by atoms with Crippen molar-refractivity contribution in [3.05, 3.63) is 0 Å². The maximum absolute atomic E-state index is 12.7. The van der Waals surface area contributed by atoms with Crippen LogP contribution in [0.3, 0.4) is 0 Å². The third kappa shape index (κ3) is 12.5. The highest BCUT2D eigenvalue weighted by Gasteiger charge is 2.29. The summed E-state index contributed by atoms with van der Waals surface area (Å²) in [5.74, 6) is -4.94. The van der Waals surface area contributed by atoms with E-state index >= 15 is 0 Å². The first-order valence-electron chi connectivity index (χ1n) is 9.87. The summed E-state index contributed by atoms with van der Waals surface area (Å²) in [5.41, 5.74) is 21.2. The first kappa shape index (κ1) is 29.9. The molecule has 0 aliphatic rings. The van der Waals surface area contributed by atoms with Gasteiger partial charge in [-0.2, -0.15) is 12.6 Å². The zero-order valence-electron chi connectivity index (χ0n) is 17.9. The predicted molar refractivity (Wildman–Crippen MR) is 121 cm³/mol. The van der Waals surface area contributed by atoms with E-state index in [-0.39, 0.29) is 43.9 Å². The number of thiol groups is 1. The lowest BCUT2D eigenvalue weighted by molar-refractivity contribution is -0.142. The molecule has 0 aliphatic heterocycles. The largest absolute Gasteiger partial charge is 0.480 e. The minimum absolute atomic E-state index is 0.0328. The molecule has 0 aromatic carbocycles. The number of carbonyl (C=O) groups is 5. The van der Waals surface area contributed by atoms with Crippen molar-refractivity contribution in [1.82, 2.24) is 16.0 Å². The standard InChI is InChI=1S/C17H32N8O7S/c18-8(3-4-12(19)27)13(28)23-9(2-1-5-22-17(20)21)14(29)24-10(6-26)15(30)25-11(7-33)16(31)32/h8-11,26,33H,1-7,18H2,(H2,19,27)(H,23,28)(H,24,29)(H,25,30)(H,31,32)(H4,20,21,22). The molecule has 188 valence electrons. The zero-order chi connectivity index (χ0) is 25.6. The minimum Gasteiger partial charge on any atom is -0.480 e. The maximum atomic E-state index is 12.7. The average Bonchev–Trinajstić information content (AvgIpc) is 2.74. The zero-order valence-corrected chi connectivity index (χ0v) is 18.8. The van der Waals surface area contributed by atoms with Gasteiger partial charge in [-0.3, -0.25) is 24.2 Å². The van der Waals surface area contributed by atoms with Crippen molar-refractivity contribution >= 4 is 48.2 Å². The Morgan fingerprint density at radius 2 is 1.42 bits per heavy atom. The van der Waals surface area contributed by atoms with Crippen LogP contribution in [0.4, 0.5) is 0 Å². The van der Waals surface area contributed by atoms with Gasteiger partial charge in [0.2, 0.25) is 23.6 Å². The number of aliphatic carboxylic acids is 1. The third-order valence-corrected chi connectivity index (χ3v) is 4.59. The Morgan fingerprint density at radius 3 is 1.91 bits per heavy atom. The second-order valence-electron chi connectivity index (χ2n) is 6.95. The fourth-order valence-electron chi connectivity index (χ4n) is 2.40. The van der Waals surface area contributed by atoms with Crippen LogP contribution in [-0.2, 0) is 24.0 Å². The summed E-state index contributed by atoms with van der Waals surface area (Å²) in [6.45, 7) is -0.703. The highest BCUT2D eigenvalue weighted by molar-refractivity contribution is 7.80. The molecule has 0 rings (SSSR count). The third-order valence-electron chi connectivity index (χ3n) is 4.23. The van der Waals surface area contributed by atoms with E-state index in [2.05, 4.69) is 33.6 Å². The van der Waals surface area contributed by atoms with E-state index in [0.717, 1.165) is 0 Å². The predicted octanol–water partition coefficient (Wildman–Crippen LogP) is -4.91. The van der Waals surface area contributed by atoms with Gasteiger partial charge in [0.1, 0.15) is 18.1 Å². The fraction of sp³-hybridized carbons (Fsp3) is 0.647. The summed E-state index contributed by atoms with van der Waals surface area (Å²) < 4.78 is 0. The van der Waals surface area contributed by atoms with E-state index in [4.69, 9.17) is 28.0 Å². The molecule has 4 amide bonds. The summed E-state index contributed by atoms with van der Waals surface area (Å²) >= 11 is 3.82. The monoisotopic (exact) mass is 492 g/mol. The number of hydrogen-bond acceptors (Lipinski definition) is 9. The Balaban J connectivity index is 5.28. The molecule has 4 unspecified atom stereocenters.